The van der Waals surface area contributed by atoms with Gasteiger partial charge in [0.25, 0.3) is 0 Å². The molecule has 0 N–H and O–H groups in total. The van der Waals surface area contributed by atoms with E-state index in [-0.39, 0.29) is 16.8 Å². The van der Waals surface area contributed by atoms with Crippen LogP contribution < -0.4 is 5.43 Å². The van der Waals surface area contributed by atoms with E-state index in [0.29, 0.717) is 23.6 Å². The summed E-state index contributed by atoms with van der Waals surface area (Å²) < 4.78 is 1.63. The largest absolute Gasteiger partial charge is 0.294 e. The van der Waals surface area contributed by atoms with Crippen molar-refractivity contribution in [1.82, 2.24) is 9.78 Å². The zero-order valence-corrected chi connectivity index (χ0v) is 12.1. The summed E-state index contributed by atoms with van der Waals surface area (Å²) >= 11 is 5.87. The Bertz CT molecular complexity index is 690. The van der Waals surface area contributed by atoms with Crippen LogP contribution in [0.3, 0.4) is 0 Å². The lowest BCUT2D eigenvalue weighted by Crippen LogP contribution is -2.23. The molecule has 0 atom stereocenters. The Morgan fingerprint density at radius 1 is 1.25 bits per heavy atom. The molecular formula is C15H15ClN2O2. The van der Waals surface area contributed by atoms with Crippen LogP contribution in [0.15, 0.2) is 35.3 Å². The first-order chi connectivity index (χ1) is 9.58. The molecule has 1 aromatic heterocycles. The van der Waals surface area contributed by atoms with Crippen LogP contribution in [0.2, 0.25) is 5.02 Å². The fourth-order valence-electron chi connectivity index (χ4n) is 2.10. The molecule has 0 radical (unpaired) electrons. The number of benzene rings is 1. The van der Waals surface area contributed by atoms with E-state index >= 15 is 0 Å². The van der Waals surface area contributed by atoms with Crippen molar-refractivity contribution < 1.29 is 4.79 Å². The molecule has 0 saturated carbocycles. The Morgan fingerprint density at radius 2 is 1.90 bits per heavy atom. The van der Waals surface area contributed by atoms with Gasteiger partial charge in [-0.3, -0.25) is 9.59 Å². The summed E-state index contributed by atoms with van der Waals surface area (Å²) in [5.41, 5.74) is 1.32. The highest BCUT2D eigenvalue weighted by Gasteiger charge is 2.17. The van der Waals surface area contributed by atoms with E-state index in [1.165, 1.54) is 6.20 Å². The lowest BCUT2D eigenvalue weighted by Gasteiger charge is -2.14. The fourth-order valence-corrected chi connectivity index (χ4v) is 2.22. The lowest BCUT2D eigenvalue weighted by molar-refractivity contribution is 0.0985. The monoisotopic (exact) mass is 290 g/mol. The number of hydrogen-bond donors (Lipinski definition) is 0. The van der Waals surface area contributed by atoms with Gasteiger partial charge in [0.05, 0.1) is 23.1 Å². The zero-order valence-electron chi connectivity index (χ0n) is 11.4. The number of hydrogen-bond acceptors (Lipinski definition) is 3. The minimum Gasteiger partial charge on any atom is -0.294 e. The standard InChI is InChI=1S/C15H15ClN2O2/c1-3-12-15(13(19)4-2)14(20)9-17-18(12)11-7-5-10(16)6-8-11/h5-9H,3-4H2,1-2H3. The predicted molar refractivity (Wildman–Crippen MR) is 78.8 cm³/mol. The number of carbonyl (C=O) groups excluding carboxylic acids is 1. The lowest BCUT2D eigenvalue weighted by atomic mass is 10.1. The Kier molecular flexibility index (Phi) is 4.35. The molecule has 0 unspecified atom stereocenters. The minimum absolute atomic E-state index is 0.156. The minimum atomic E-state index is -0.320. The van der Waals surface area contributed by atoms with Crippen LogP contribution in [-0.4, -0.2) is 15.6 Å². The number of Topliss-reactive ketones (excluding diaryl/α,β-unsaturated/α-hetero) is 1. The first-order valence-corrected chi connectivity index (χ1v) is 6.86. The molecular weight excluding hydrogens is 276 g/mol. The smallest absolute Gasteiger partial charge is 0.211 e. The van der Waals surface area contributed by atoms with Gasteiger partial charge in [0.15, 0.2) is 5.78 Å². The molecule has 2 aromatic rings. The summed E-state index contributed by atoms with van der Waals surface area (Å²) in [6, 6.07) is 7.10. The third-order valence-electron chi connectivity index (χ3n) is 3.09. The van der Waals surface area contributed by atoms with Gasteiger partial charge in [-0.15, -0.1) is 0 Å². The average molecular weight is 291 g/mol. The third kappa shape index (κ3) is 2.65. The van der Waals surface area contributed by atoms with Crippen LogP contribution >= 0.6 is 11.6 Å². The molecule has 20 heavy (non-hydrogen) atoms. The van der Waals surface area contributed by atoms with E-state index in [1.807, 2.05) is 6.92 Å². The van der Waals surface area contributed by atoms with Crippen molar-refractivity contribution in [2.75, 3.05) is 0 Å². The first-order valence-electron chi connectivity index (χ1n) is 6.48. The van der Waals surface area contributed by atoms with Gasteiger partial charge < -0.3 is 0 Å². The van der Waals surface area contributed by atoms with Crippen LogP contribution in [0.4, 0.5) is 0 Å². The van der Waals surface area contributed by atoms with Crippen LogP contribution in [0, 0.1) is 0 Å². The van der Waals surface area contributed by atoms with Crippen molar-refractivity contribution in [3.8, 4) is 5.69 Å². The molecule has 5 heteroatoms. The SMILES string of the molecule is CCC(=O)c1c(CC)n(-c2ccc(Cl)cc2)ncc1=O. The number of nitrogens with zero attached hydrogens (tertiary/aromatic N) is 2. The number of halogens is 1. The maximum Gasteiger partial charge on any atom is 0.211 e. The van der Waals surface area contributed by atoms with E-state index < -0.39 is 0 Å². The molecule has 1 aromatic carbocycles. The molecule has 0 fully saturated rings. The highest BCUT2D eigenvalue weighted by molar-refractivity contribution is 6.30. The van der Waals surface area contributed by atoms with Gasteiger partial charge in [-0.1, -0.05) is 25.4 Å². The summed E-state index contributed by atoms with van der Waals surface area (Å²) in [6.07, 6.45) is 2.04. The van der Waals surface area contributed by atoms with Crippen molar-refractivity contribution >= 4 is 17.4 Å². The van der Waals surface area contributed by atoms with Crippen LogP contribution in [-0.2, 0) is 6.42 Å². The maximum absolute atomic E-state index is 12.0. The summed E-state index contributed by atoms with van der Waals surface area (Å²) in [7, 11) is 0. The molecule has 104 valence electrons. The Hall–Kier alpha value is -1.94. The van der Waals surface area contributed by atoms with Gasteiger partial charge in [-0.25, -0.2) is 4.68 Å². The van der Waals surface area contributed by atoms with Gasteiger partial charge in [0.2, 0.25) is 5.43 Å². The predicted octanol–water partition coefficient (Wildman–Crippen LogP) is 3.04. The fraction of sp³-hybridized carbons (Fsp3) is 0.267. The van der Waals surface area contributed by atoms with Crippen molar-refractivity contribution in [1.29, 1.82) is 0 Å². The van der Waals surface area contributed by atoms with Gasteiger partial charge in [-0.05, 0) is 30.7 Å². The van der Waals surface area contributed by atoms with Crippen LogP contribution in [0.25, 0.3) is 5.69 Å². The summed E-state index contributed by atoms with van der Waals surface area (Å²) in [5.74, 6) is -0.156. The Labute approximate surface area is 122 Å². The maximum atomic E-state index is 12.0. The highest BCUT2D eigenvalue weighted by Crippen LogP contribution is 2.16. The highest BCUT2D eigenvalue weighted by atomic mass is 35.5. The second kappa shape index (κ2) is 6.01. The number of aromatic nitrogens is 2. The second-order valence-corrected chi connectivity index (χ2v) is 4.79. The summed E-state index contributed by atoms with van der Waals surface area (Å²) in [5, 5.41) is 4.76. The zero-order chi connectivity index (χ0) is 14.7. The van der Waals surface area contributed by atoms with Gasteiger partial charge in [0, 0.05) is 11.4 Å². The van der Waals surface area contributed by atoms with Crippen LogP contribution in [0.1, 0.15) is 36.3 Å². The third-order valence-corrected chi connectivity index (χ3v) is 3.34. The van der Waals surface area contributed by atoms with Crippen molar-refractivity contribution in [3.63, 3.8) is 0 Å². The molecule has 0 saturated heterocycles. The first kappa shape index (κ1) is 14.5. The van der Waals surface area contributed by atoms with Gasteiger partial charge >= 0.3 is 0 Å². The molecule has 0 amide bonds. The number of ketones is 1. The molecule has 0 aliphatic heterocycles. The van der Waals surface area contributed by atoms with Gasteiger partial charge in [0.1, 0.15) is 0 Å². The normalized spacial score (nSPS) is 10.6. The Balaban J connectivity index is 2.68. The van der Waals surface area contributed by atoms with Crippen LogP contribution in [0.5, 0.6) is 0 Å². The molecule has 0 bridgehead atoms. The van der Waals surface area contributed by atoms with E-state index in [4.69, 9.17) is 11.6 Å². The summed E-state index contributed by atoms with van der Waals surface area (Å²) in [6.45, 7) is 3.64. The average Bonchev–Trinajstić information content (AvgIpc) is 2.47. The number of rotatable bonds is 4. The van der Waals surface area contributed by atoms with E-state index in [9.17, 15) is 9.59 Å². The molecule has 4 nitrogen and oxygen atoms in total. The van der Waals surface area contributed by atoms with Crippen molar-refractivity contribution in [3.05, 3.63) is 57.0 Å². The molecule has 0 aliphatic carbocycles. The quantitative estimate of drug-likeness (QED) is 0.813. The molecule has 0 spiro atoms. The van der Waals surface area contributed by atoms with E-state index in [1.54, 1.807) is 35.9 Å². The van der Waals surface area contributed by atoms with Crippen molar-refractivity contribution in [2.45, 2.75) is 26.7 Å². The van der Waals surface area contributed by atoms with Crippen molar-refractivity contribution in [2.24, 2.45) is 0 Å². The summed E-state index contributed by atoms with van der Waals surface area (Å²) in [4.78, 5) is 23.9. The second-order valence-electron chi connectivity index (χ2n) is 4.35. The molecule has 0 aliphatic rings. The van der Waals surface area contributed by atoms with Gasteiger partial charge in [-0.2, -0.15) is 5.10 Å². The molecule has 1 heterocycles. The Morgan fingerprint density at radius 3 is 2.45 bits per heavy atom. The van der Waals surface area contributed by atoms with E-state index in [0.717, 1.165) is 5.69 Å². The molecule has 2 rings (SSSR count). The van der Waals surface area contributed by atoms with E-state index in [2.05, 4.69) is 5.10 Å². The number of carbonyl (C=O) groups is 1. The topological polar surface area (TPSA) is 52.0 Å².